The standard InChI is InChI=1S/C23H18N2O4/c1-27-19-12-16(13-20-23(19)29-15-28-20)14-24-25-21(17-8-4-2-5-9-17)22(26)18-10-6-3-7-11-18/h2-14H,15H2,1H3/b24-14+,25-21+. The third kappa shape index (κ3) is 4.01. The maximum absolute atomic E-state index is 13.0. The Morgan fingerprint density at radius 1 is 0.966 bits per heavy atom. The predicted octanol–water partition coefficient (Wildman–Crippen LogP) is 4.13. The molecular weight excluding hydrogens is 368 g/mol. The van der Waals surface area contributed by atoms with Gasteiger partial charge in [-0.25, -0.2) is 0 Å². The fourth-order valence-corrected chi connectivity index (χ4v) is 2.93. The summed E-state index contributed by atoms with van der Waals surface area (Å²) in [4.78, 5) is 13.0. The molecule has 0 saturated heterocycles. The van der Waals surface area contributed by atoms with Crippen LogP contribution < -0.4 is 14.2 Å². The van der Waals surface area contributed by atoms with Crippen molar-refractivity contribution in [2.75, 3.05) is 13.9 Å². The van der Waals surface area contributed by atoms with E-state index in [0.29, 0.717) is 28.4 Å². The van der Waals surface area contributed by atoms with Gasteiger partial charge in [0.2, 0.25) is 18.3 Å². The molecule has 6 heteroatoms. The Labute approximate surface area is 168 Å². The van der Waals surface area contributed by atoms with Gasteiger partial charge in [0.05, 0.1) is 13.3 Å². The monoisotopic (exact) mass is 386 g/mol. The van der Waals surface area contributed by atoms with Crippen LogP contribution in [0.15, 0.2) is 83.0 Å². The number of hydrogen-bond donors (Lipinski definition) is 0. The average Bonchev–Trinajstić information content (AvgIpc) is 3.26. The van der Waals surface area contributed by atoms with Crippen molar-refractivity contribution >= 4 is 17.7 Å². The van der Waals surface area contributed by atoms with E-state index in [1.165, 1.54) is 0 Å². The molecule has 4 rings (SSSR count). The number of benzene rings is 3. The summed E-state index contributed by atoms with van der Waals surface area (Å²) >= 11 is 0. The van der Waals surface area contributed by atoms with Gasteiger partial charge in [-0.3, -0.25) is 4.79 Å². The van der Waals surface area contributed by atoms with Gasteiger partial charge < -0.3 is 14.2 Å². The summed E-state index contributed by atoms with van der Waals surface area (Å²) in [6.07, 6.45) is 1.55. The normalized spacial score (nSPS) is 12.9. The number of carbonyl (C=O) groups is 1. The van der Waals surface area contributed by atoms with Crippen LogP contribution in [0.25, 0.3) is 0 Å². The second kappa shape index (κ2) is 8.39. The van der Waals surface area contributed by atoms with Crippen molar-refractivity contribution in [3.8, 4) is 17.2 Å². The summed E-state index contributed by atoms with van der Waals surface area (Å²) < 4.78 is 16.1. The number of fused-ring (bicyclic) bond motifs is 1. The van der Waals surface area contributed by atoms with E-state index in [1.807, 2.05) is 48.5 Å². The van der Waals surface area contributed by atoms with E-state index in [-0.39, 0.29) is 18.3 Å². The Balaban J connectivity index is 1.68. The maximum atomic E-state index is 13.0. The van der Waals surface area contributed by atoms with E-state index in [9.17, 15) is 4.79 Å². The van der Waals surface area contributed by atoms with E-state index in [0.717, 1.165) is 5.56 Å². The van der Waals surface area contributed by atoms with Crippen LogP contribution in [0.4, 0.5) is 0 Å². The quantitative estimate of drug-likeness (QED) is 0.363. The Morgan fingerprint density at radius 2 is 1.66 bits per heavy atom. The second-order valence-electron chi connectivity index (χ2n) is 6.21. The smallest absolute Gasteiger partial charge is 0.231 e. The zero-order chi connectivity index (χ0) is 20.1. The largest absolute Gasteiger partial charge is 0.493 e. The molecule has 1 aliphatic heterocycles. The first-order valence-corrected chi connectivity index (χ1v) is 9.00. The first-order valence-electron chi connectivity index (χ1n) is 9.00. The van der Waals surface area contributed by atoms with Crippen LogP contribution in [0, 0.1) is 0 Å². The van der Waals surface area contributed by atoms with E-state index in [1.54, 1.807) is 37.6 Å². The summed E-state index contributed by atoms with van der Waals surface area (Å²) in [5.74, 6) is 1.50. The molecular formula is C23H18N2O4. The first kappa shape index (κ1) is 18.4. The lowest BCUT2D eigenvalue weighted by molar-refractivity contribution is 0.106. The first-order chi connectivity index (χ1) is 14.3. The molecule has 0 N–H and O–H groups in total. The highest BCUT2D eigenvalue weighted by atomic mass is 16.7. The predicted molar refractivity (Wildman–Crippen MR) is 110 cm³/mol. The molecule has 0 spiro atoms. The fraction of sp³-hybridized carbons (Fsp3) is 0.0870. The zero-order valence-electron chi connectivity index (χ0n) is 15.7. The van der Waals surface area contributed by atoms with Crippen LogP contribution in [0.5, 0.6) is 17.2 Å². The number of ketones is 1. The van der Waals surface area contributed by atoms with Gasteiger partial charge in [0.25, 0.3) is 0 Å². The Kier molecular flexibility index (Phi) is 5.33. The number of Topliss-reactive ketones (excluding diaryl/α,β-unsaturated/α-hetero) is 1. The van der Waals surface area contributed by atoms with Crippen LogP contribution in [0.2, 0.25) is 0 Å². The lowest BCUT2D eigenvalue weighted by Gasteiger charge is -2.06. The number of carbonyl (C=O) groups excluding carboxylic acids is 1. The second-order valence-corrected chi connectivity index (χ2v) is 6.21. The third-order valence-electron chi connectivity index (χ3n) is 4.34. The molecule has 1 heterocycles. The van der Waals surface area contributed by atoms with Gasteiger partial charge >= 0.3 is 0 Å². The molecule has 0 fully saturated rings. The number of ether oxygens (including phenoxy) is 3. The lowest BCUT2D eigenvalue weighted by Crippen LogP contribution is -2.15. The van der Waals surface area contributed by atoms with Crippen LogP contribution in [-0.2, 0) is 0 Å². The van der Waals surface area contributed by atoms with Crippen molar-refractivity contribution in [2.24, 2.45) is 10.2 Å². The molecule has 3 aromatic carbocycles. The summed E-state index contributed by atoms with van der Waals surface area (Å²) in [5.41, 5.74) is 2.23. The van der Waals surface area contributed by atoms with Crippen molar-refractivity contribution in [3.63, 3.8) is 0 Å². The van der Waals surface area contributed by atoms with Gasteiger partial charge in [-0.2, -0.15) is 5.10 Å². The minimum Gasteiger partial charge on any atom is -0.493 e. The molecule has 6 nitrogen and oxygen atoms in total. The van der Waals surface area contributed by atoms with E-state index in [4.69, 9.17) is 14.2 Å². The SMILES string of the molecule is COc1cc(/C=N/N=C(/C(=O)c2ccccc2)c2ccccc2)cc2c1OCO2. The maximum Gasteiger partial charge on any atom is 0.231 e. The number of rotatable bonds is 6. The molecule has 0 aromatic heterocycles. The molecule has 29 heavy (non-hydrogen) atoms. The molecule has 0 unspecified atom stereocenters. The van der Waals surface area contributed by atoms with E-state index in [2.05, 4.69) is 10.2 Å². The van der Waals surface area contributed by atoms with Crippen LogP contribution >= 0.6 is 0 Å². The summed E-state index contributed by atoms with van der Waals surface area (Å²) in [7, 11) is 1.56. The van der Waals surface area contributed by atoms with Crippen molar-refractivity contribution in [1.29, 1.82) is 0 Å². The Hall–Kier alpha value is -3.93. The topological polar surface area (TPSA) is 69.5 Å². The highest BCUT2D eigenvalue weighted by molar-refractivity contribution is 6.51. The summed E-state index contributed by atoms with van der Waals surface area (Å²) in [6, 6.07) is 21.8. The average molecular weight is 386 g/mol. The molecule has 144 valence electrons. The number of hydrogen-bond acceptors (Lipinski definition) is 6. The molecule has 0 saturated carbocycles. The molecule has 0 radical (unpaired) electrons. The molecule has 0 aliphatic carbocycles. The van der Waals surface area contributed by atoms with Gasteiger partial charge in [0.1, 0.15) is 5.71 Å². The van der Waals surface area contributed by atoms with E-state index < -0.39 is 0 Å². The van der Waals surface area contributed by atoms with Crippen molar-refractivity contribution in [3.05, 3.63) is 89.5 Å². The molecule has 3 aromatic rings. The van der Waals surface area contributed by atoms with Gasteiger partial charge in [0, 0.05) is 16.7 Å². The fourth-order valence-electron chi connectivity index (χ4n) is 2.93. The number of nitrogens with zero attached hydrogens (tertiary/aromatic N) is 2. The summed E-state index contributed by atoms with van der Waals surface area (Å²) in [6.45, 7) is 0.147. The molecule has 0 atom stereocenters. The third-order valence-corrected chi connectivity index (χ3v) is 4.34. The minimum absolute atomic E-state index is 0.147. The van der Waals surface area contributed by atoms with E-state index >= 15 is 0 Å². The van der Waals surface area contributed by atoms with Crippen molar-refractivity contribution < 1.29 is 19.0 Å². The van der Waals surface area contributed by atoms with Gasteiger partial charge in [0.15, 0.2) is 11.5 Å². The lowest BCUT2D eigenvalue weighted by atomic mass is 10.0. The Bertz CT molecular complexity index is 1080. The molecule has 0 bridgehead atoms. The van der Waals surface area contributed by atoms with Gasteiger partial charge in [-0.15, -0.1) is 5.10 Å². The van der Waals surface area contributed by atoms with Crippen molar-refractivity contribution in [2.45, 2.75) is 0 Å². The molecule has 0 amide bonds. The summed E-state index contributed by atoms with van der Waals surface area (Å²) in [5, 5.41) is 8.39. The van der Waals surface area contributed by atoms with Crippen molar-refractivity contribution in [1.82, 2.24) is 0 Å². The molecule has 1 aliphatic rings. The van der Waals surface area contributed by atoms with Crippen LogP contribution in [-0.4, -0.2) is 31.6 Å². The number of methoxy groups -OCH3 is 1. The van der Waals surface area contributed by atoms with Crippen LogP contribution in [0.1, 0.15) is 21.5 Å². The highest BCUT2D eigenvalue weighted by Gasteiger charge is 2.20. The van der Waals surface area contributed by atoms with Crippen LogP contribution in [0.3, 0.4) is 0 Å². The van der Waals surface area contributed by atoms with Gasteiger partial charge in [-0.1, -0.05) is 60.7 Å². The minimum atomic E-state index is -0.197. The highest BCUT2D eigenvalue weighted by Crippen LogP contribution is 2.41. The zero-order valence-corrected chi connectivity index (χ0v) is 15.7. The van der Waals surface area contributed by atoms with Gasteiger partial charge in [-0.05, 0) is 12.1 Å². The Morgan fingerprint density at radius 3 is 2.34 bits per heavy atom.